The maximum atomic E-state index is 13.6. The molecule has 0 bridgehead atoms. The van der Waals surface area contributed by atoms with Crippen molar-refractivity contribution in [1.82, 2.24) is 24.6 Å². The molecule has 0 saturated heterocycles. The molecule has 0 radical (unpaired) electrons. The van der Waals surface area contributed by atoms with E-state index in [-0.39, 0.29) is 41.1 Å². The molecule has 5 aromatic rings. The molecule has 33 heavy (non-hydrogen) atoms. The van der Waals surface area contributed by atoms with Crippen LogP contribution in [-0.4, -0.2) is 38.8 Å². The van der Waals surface area contributed by atoms with Crippen molar-refractivity contribution in [2.45, 2.75) is 6.61 Å². The van der Waals surface area contributed by atoms with Gasteiger partial charge in [0, 0.05) is 13.2 Å². The number of aromatic nitrogens is 5. The molecule has 5 rings (SSSR count). The van der Waals surface area contributed by atoms with Crippen LogP contribution in [0, 0.1) is 11.3 Å². The topological polar surface area (TPSA) is 157 Å². The van der Waals surface area contributed by atoms with Gasteiger partial charge in [-0.25, -0.2) is 9.97 Å². The minimum absolute atomic E-state index is 0.00372. The highest BCUT2D eigenvalue weighted by atomic mass is 16.5. The monoisotopic (exact) mass is 443 g/mol. The third-order valence-corrected chi connectivity index (χ3v) is 5.08. The lowest BCUT2D eigenvalue weighted by Crippen LogP contribution is -2.20. The Kier molecular flexibility index (Phi) is 4.77. The molecular weight excluding hydrogens is 426 g/mol. The second-order valence-electron chi connectivity index (χ2n) is 7.09. The van der Waals surface area contributed by atoms with Gasteiger partial charge in [0.15, 0.2) is 16.7 Å². The summed E-state index contributed by atoms with van der Waals surface area (Å²) in [6, 6.07) is 12.8. The van der Waals surface area contributed by atoms with Crippen molar-refractivity contribution in [3.05, 3.63) is 58.1 Å². The zero-order valence-corrected chi connectivity index (χ0v) is 17.6. The number of nitrogens with one attached hydrogen (secondary N) is 1. The largest absolute Gasteiger partial charge is 0.479 e. The van der Waals surface area contributed by atoms with E-state index in [1.165, 1.54) is 24.8 Å². The number of hydrogen-bond donors (Lipinski definition) is 2. The van der Waals surface area contributed by atoms with Crippen molar-refractivity contribution in [2.24, 2.45) is 0 Å². The summed E-state index contributed by atoms with van der Waals surface area (Å²) in [7, 11) is 2.92. The molecule has 0 aliphatic heterocycles. The predicted octanol–water partition coefficient (Wildman–Crippen LogP) is 2.50. The summed E-state index contributed by atoms with van der Waals surface area (Å²) in [6.45, 7) is 0.0125. The van der Waals surface area contributed by atoms with E-state index in [4.69, 9.17) is 19.6 Å². The summed E-state index contributed by atoms with van der Waals surface area (Å²) in [6.07, 6.45) is 0. The number of anilines is 1. The quantitative estimate of drug-likeness (QED) is 0.416. The number of rotatable bonds is 5. The third-order valence-electron chi connectivity index (χ3n) is 5.08. The Morgan fingerprint density at radius 2 is 1.97 bits per heavy atom. The summed E-state index contributed by atoms with van der Waals surface area (Å²) in [4.78, 5) is 26.8. The van der Waals surface area contributed by atoms with Crippen LogP contribution in [0.1, 0.15) is 11.4 Å². The molecule has 0 atom stereocenters. The van der Waals surface area contributed by atoms with Crippen molar-refractivity contribution < 1.29 is 13.9 Å². The number of hydrogen-bond acceptors (Lipinski definition) is 9. The zero-order chi connectivity index (χ0) is 23.1. The zero-order valence-electron chi connectivity index (χ0n) is 17.6. The molecule has 4 aromatic heterocycles. The molecule has 4 heterocycles. The van der Waals surface area contributed by atoms with Gasteiger partial charge in [-0.05, 0) is 5.56 Å². The molecule has 0 saturated carbocycles. The first-order valence-electron chi connectivity index (χ1n) is 9.79. The van der Waals surface area contributed by atoms with Gasteiger partial charge in [-0.3, -0.25) is 9.89 Å². The first-order valence-corrected chi connectivity index (χ1v) is 9.79. The van der Waals surface area contributed by atoms with Crippen LogP contribution < -0.4 is 16.0 Å². The van der Waals surface area contributed by atoms with Crippen LogP contribution in [0.25, 0.3) is 39.3 Å². The summed E-state index contributed by atoms with van der Waals surface area (Å²) in [5, 5.41) is 12.5. The van der Waals surface area contributed by atoms with E-state index in [9.17, 15) is 10.1 Å². The van der Waals surface area contributed by atoms with Gasteiger partial charge in [0.05, 0.1) is 25.0 Å². The highest BCUT2D eigenvalue weighted by molar-refractivity contribution is 5.85. The minimum Gasteiger partial charge on any atom is -0.479 e. The Bertz CT molecular complexity index is 1610. The molecule has 0 amide bonds. The molecule has 11 nitrogen and oxygen atoms in total. The Balaban J connectivity index is 1.83. The second-order valence-corrected chi connectivity index (χ2v) is 7.09. The Morgan fingerprint density at radius 3 is 2.67 bits per heavy atom. The summed E-state index contributed by atoms with van der Waals surface area (Å²) in [5.74, 6) is 0.351. The molecule has 0 aliphatic rings. The van der Waals surface area contributed by atoms with E-state index in [0.29, 0.717) is 22.4 Å². The fourth-order valence-electron chi connectivity index (χ4n) is 3.70. The highest BCUT2D eigenvalue weighted by Crippen LogP contribution is 2.32. The van der Waals surface area contributed by atoms with Gasteiger partial charge in [-0.1, -0.05) is 30.3 Å². The number of nitrogen functional groups attached to an aromatic ring is 1. The first-order chi connectivity index (χ1) is 16.0. The SMILES string of the molecule is COCc1nc2c(-c3ccccc3)c(C#N)[nH]n2c(=O)c1-c1nc2c(OC)nc(N)cc2o1. The van der Waals surface area contributed by atoms with Crippen LogP contribution >= 0.6 is 0 Å². The van der Waals surface area contributed by atoms with E-state index < -0.39 is 5.56 Å². The summed E-state index contributed by atoms with van der Waals surface area (Å²) < 4.78 is 17.6. The lowest BCUT2D eigenvalue weighted by atomic mass is 10.1. The molecule has 0 unspecified atom stereocenters. The van der Waals surface area contributed by atoms with E-state index >= 15 is 0 Å². The number of aromatic amines is 1. The molecule has 164 valence electrons. The van der Waals surface area contributed by atoms with Crippen molar-refractivity contribution >= 4 is 22.6 Å². The molecule has 0 aliphatic carbocycles. The number of nitrogens with zero attached hydrogens (tertiary/aromatic N) is 5. The smallest absolute Gasteiger partial charge is 0.285 e. The Labute approximate surface area is 186 Å². The van der Waals surface area contributed by atoms with Crippen LogP contribution in [0.3, 0.4) is 0 Å². The van der Waals surface area contributed by atoms with Crippen molar-refractivity contribution in [3.8, 4) is 34.5 Å². The molecular formula is C22H17N7O4. The number of fused-ring (bicyclic) bond motifs is 2. The van der Waals surface area contributed by atoms with E-state index in [1.54, 1.807) is 0 Å². The lowest BCUT2D eigenvalue weighted by Gasteiger charge is -2.06. The van der Waals surface area contributed by atoms with E-state index in [1.807, 2.05) is 30.3 Å². The number of nitrogens with two attached hydrogens (primary N) is 1. The molecule has 11 heteroatoms. The fraction of sp³-hybridized carbons (Fsp3) is 0.136. The van der Waals surface area contributed by atoms with Crippen molar-refractivity contribution in [1.29, 1.82) is 5.26 Å². The number of nitriles is 1. The number of pyridine rings is 1. The van der Waals surface area contributed by atoms with Crippen LogP contribution in [0.5, 0.6) is 5.88 Å². The second kappa shape index (κ2) is 7.77. The highest BCUT2D eigenvalue weighted by Gasteiger charge is 2.25. The minimum atomic E-state index is -0.503. The van der Waals surface area contributed by atoms with Crippen LogP contribution in [0.15, 0.2) is 45.6 Å². The number of methoxy groups -OCH3 is 2. The Hall–Kier alpha value is -4.69. The molecule has 1 aromatic carbocycles. The lowest BCUT2D eigenvalue weighted by molar-refractivity contribution is 0.182. The number of oxazole rings is 1. The standard InChI is InChI=1S/C22H17N7O4/c1-31-10-13-17(20-27-18-14(33-20)8-15(24)26-21(18)32-2)22(30)29-19(25-13)16(12(9-23)28-29)11-6-4-3-5-7-11/h3-8,28H,10H2,1-2H3,(H2,24,26). The average Bonchev–Trinajstić information content (AvgIpc) is 3.40. The van der Waals surface area contributed by atoms with Crippen LogP contribution in [0.4, 0.5) is 5.82 Å². The molecule has 3 N–H and O–H groups in total. The number of H-pyrrole nitrogens is 1. The number of ether oxygens (including phenoxy) is 2. The van der Waals surface area contributed by atoms with Gasteiger partial charge in [0.25, 0.3) is 5.56 Å². The average molecular weight is 443 g/mol. The predicted molar refractivity (Wildman–Crippen MR) is 118 cm³/mol. The maximum Gasteiger partial charge on any atom is 0.285 e. The van der Waals surface area contributed by atoms with Gasteiger partial charge in [0.2, 0.25) is 11.8 Å². The van der Waals surface area contributed by atoms with E-state index in [2.05, 4.69) is 26.1 Å². The van der Waals surface area contributed by atoms with Gasteiger partial charge >= 0.3 is 0 Å². The Morgan fingerprint density at radius 1 is 1.18 bits per heavy atom. The normalized spacial score (nSPS) is 11.2. The fourth-order valence-corrected chi connectivity index (χ4v) is 3.70. The van der Waals surface area contributed by atoms with E-state index in [0.717, 1.165) is 5.56 Å². The van der Waals surface area contributed by atoms with Gasteiger partial charge in [0.1, 0.15) is 23.1 Å². The van der Waals surface area contributed by atoms with Crippen molar-refractivity contribution in [2.75, 3.05) is 20.0 Å². The van der Waals surface area contributed by atoms with Gasteiger partial charge in [-0.2, -0.15) is 14.8 Å². The summed E-state index contributed by atoms with van der Waals surface area (Å²) in [5.41, 5.74) is 8.03. The van der Waals surface area contributed by atoms with Crippen molar-refractivity contribution in [3.63, 3.8) is 0 Å². The van der Waals surface area contributed by atoms with Crippen LogP contribution in [0.2, 0.25) is 0 Å². The maximum absolute atomic E-state index is 13.6. The molecule has 0 fully saturated rings. The summed E-state index contributed by atoms with van der Waals surface area (Å²) >= 11 is 0. The third kappa shape index (κ3) is 3.17. The number of benzene rings is 1. The molecule has 0 spiro atoms. The van der Waals surface area contributed by atoms with Gasteiger partial charge < -0.3 is 19.6 Å². The first kappa shape index (κ1) is 20.2. The van der Waals surface area contributed by atoms with Gasteiger partial charge in [-0.15, -0.1) is 0 Å². The van der Waals surface area contributed by atoms with Crippen LogP contribution in [-0.2, 0) is 11.3 Å².